The van der Waals surface area contributed by atoms with Crippen LogP contribution in [0.15, 0.2) is 18.3 Å². The molecule has 2 heterocycles. The monoisotopic (exact) mass is 263 g/mol. The third kappa shape index (κ3) is 3.01. The smallest absolute Gasteiger partial charge is 0.305 e. The highest BCUT2D eigenvalue weighted by atomic mass is 16.4. The van der Waals surface area contributed by atoms with Gasteiger partial charge in [0.25, 0.3) is 5.91 Å². The molecule has 6 heteroatoms. The van der Waals surface area contributed by atoms with Crippen molar-refractivity contribution in [3.05, 3.63) is 23.9 Å². The summed E-state index contributed by atoms with van der Waals surface area (Å²) < 4.78 is 0. The Hall–Kier alpha value is -2.11. The molecule has 1 aliphatic heterocycles. The molecule has 2 rings (SSSR count). The summed E-state index contributed by atoms with van der Waals surface area (Å²) >= 11 is 0. The first-order valence-corrected chi connectivity index (χ1v) is 6.33. The predicted molar refractivity (Wildman–Crippen MR) is 70.0 cm³/mol. The Kier molecular flexibility index (Phi) is 3.99. The van der Waals surface area contributed by atoms with E-state index in [2.05, 4.69) is 4.98 Å². The van der Waals surface area contributed by atoms with Crippen molar-refractivity contribution in [1.82, 2.24) is 4.98 Å². The van der Waals surface area contributed by atoms with Gasteiger partial charge in [-0.05, 0) is 31.4 Å². The van der Waals surface area contributed by atoms with E-state index in [4.69, 9.17) is 10.8 Å². The van der Waals surface area contributed by atoms with Crippen LogP contribution in [0.1, 0.15) is 36.0 Å². The van der Waals surface area contributed by atoms with Crippen LogP contribution < -0.4 is 10.6 Å². The zero-order valence-electron chi connectivity index (χ0n) is 10.6. The van der Waals surface area contributed by atoms with Gasteiger partial charge in [0.15, 0.2) is 0 Å². The van der Waals surface area contributed by atoms with E-state index < -0.39 is 11.9 Å². The van der Waals surface area contributed by atoms with Crippen LogP contribution in [0.4, 0.5) is 5.82 Å². The second-order valence-corrected chi connectivity index (χ2v) is 4.68. The number of pyridine rings is 1. The van der Waals surface area contributed by atoms with E-state index >= 15 is 0 Å². The van der Waals surface area contributed by atoms with E-state index in [1.165, 1.54) is 0 Å². The number of carbonyl (C=O) groups excluding carboxylic acids is 1. The van der Waals surface area contributed by atoms with Gasteiger partial charge in [-0.25, -0.2) is 4.98 Å². The molecule has 0 saturated carbocycles. The van der Waals surface area contributed by atoms with Crippen LogP contribution in [-0.2, 0) is 4.79 Å². The molecule has 1 amide bonds. The number of amides is 1. The maximum atomic E-state index is 11.4. The van der Waals surface area contributed by atoms with Crippen LogP contribution in [0.5, 0.6) is 0 Å². The Morgan fingerprint density at radius 3 is 2.95 bits per heavy atom. The van der Waals surface area contributed by atoms with Crippen molar-refractivity contribution in [2.45, 2.75) is 31.7 Å². The van der Waals surface area contributed by atoms with Crippen molar-refractivity contribution in [1.29, 1.82) is 0 Å². The Morgan fingerprint density at radius 1 is 1.47 bits per heavy atom. The first-order chi connectivity index (χ1) is 9.09. The maximum absolute atomic E-state index is 11.4. The molecule has 6 nitrogen and oxygen atoms in total. The lowest BCUT2D eigenvalue weighted by Gasteiger charge is -2.36. The number of aliphatic carboxylic acids is 1. The fourth-order valence-corrected chi connectivity index (χ4v) is 2.51. The number of hydrogen-bond acceptors (Lipinski definition) is 4. The molecule has 0 aromatic carbocycles. The van der Waals surface area contributed by atoms with Gasteiger partial charge >= 0.3 is 5.97 Å². The number of carboxylic acids is 1. The Labute approximate surface area is 111 Å². The first kappa shape index (κ1) is 13.3. The molecule has 1 aromatic heterocycles. The Balaban J connectivity index is 2.32. The highest BCUT2D eigenvalue weighted by molar-refractivity contribution is 5.97. The van der Waals surface area contributed by atoms with Gasteiger partial charge in [0.05, 0.1) is 12.0 Å². The standard InChI is InChI=1S/C13H17N3O3/c14-12(19)10-5-3-6-15-13(10)16-7-2-1-4-9(16)8-11(17)18/h3,5-6,9H,1-2,4,7-8H2,(H2,14,19)(H,17,18). The van der Waals surface area contributed by atoms with Crippen LogP contribution in [0.3, 0.4) is 0 Å². The number of primary amides is 1. The summed E-state index contributed by atoms with van der Waals surface area (Å²) in [5.74, 6) is -0.878. The highest BCUT2D eigenvalue weighted by Crippen LogP contribution is 2.27. The molecule has 1 saturated heterocycles. The summed E-state index contributed by atoms with van der Waals surface area (Å²) in [7, 11) is 0. The summed E-state index contributed by atoms with van der Waals surface area (Å²) in [5, 5.41) is 8.97. The minimum absolute atomic E-state index is 0.0504. The summed E-state index contributed by atoms with van der Waals surface area (Å²) in [5.41, 5.74) is 5.69. The molecule has 0 bridgehead atoms. The fourth-order valence-electron chi connectivity index (χ4n) is 2.51. The molecular weight excluding hydrogens is 246 g/mol. The lowest BCUT2D eigenvalue weighted by molar-refractivity contribution is -0.137. The minimum Gasteiger partial charge on any atom is -0.481 e. The van der Waals surface area contributed by atoms with Gasteiger partial charge in [0.1, 0.15) is 5.82 Å². The Morgan fingerprint density at radius 2 is 2.26 bits per heavy atom. The van der Waals surface area contributed by atoms with E-state index in [0.29, 0.717) is 17.9 Å². The molecule has 0 radical (unpaired) electrons. The van der Waals surface area contributed by atoms with Gasteiger partial charge in [0, 0.05) is 18.8 Å². The summed E-state index contributed by atoms with van der Waals surface area (Å²) in [6.07, 6.45) is 4.39. The van der Waals surface area contributed by atoms with Gasteiger partial charge in [-0.3, -0.25) is 9.59 Å². The number of aromatic nitrogens is 1. The summed E-state index contributed by atoms with van der Waals surface area (Å²) in [4.78, 5) is 28.5. The van der Waals surface area contributed by atoms with E-state index in [0.717, 1.165) is 19.3 Å². The topological polar surface area (TPSA) is 96.5 Å². The van der Waals surface area contributed by atoms with Crippen molar-refractivity contribution in [3.63, 3.8) is 0 Å². The van der Waals surface area contributed by atoms with E-state index in [1.807, 2.05) is 4.90 Å². The van der Waals surface area contributed by atoms with Gasteiger partial charge < -0.3 is 15.7 Å². The predicted octanol–water partition coefficient (Wildman–Crippen LogP) is 1.01. The number of piperidine rings is 1. The normalized spacial score (nSPS) is 19.2. The van der Waals surface area contributed by atoms with E-state index in [9.17, 15) is 9.59 Å². The number of carbonyl (C=O) groups is 2. The largest absolute Gasteiger partial charge is 0.481 e. The van der Waals surface area contributed by atoms with Crippen LogP contribution in [0, 0.1) is 0 Å². The maximum Gasteiger partial charge on any atom is 0.305 e. The summed E-state index contributed by atoms with van der Waals surface area (Å²) in [6, 6.07) is 3.15. The van der Waals surface area contributed by atoms with Gasteiger partial charge in [-0.1, -0.05) is 0 Å². The van der Waals surface area contributed by atoms with Crippen molar-refractivity contribution in [2.24, 2.45) is 5.73 Å². The number of carboxylic acid groups (broad SMARTS) is 1. The van der Waals surface area contributed by atoms with Crippen molar-refractivity contribution >= 4 is 17.7 Å². The Bertz CT molecular complexity index is 490. The second kappa shape index (κ2) is 5.69. The van der Waals surface area contributed by atoms with Crippen LogP contribution in [-0.4, -0.2) is 34.6 Å². The van der Waals surface area contributed by atoms with Crippen LogP contribution in [0.2, 0.25) is 0 Å². The lowest BCUT2D eigenvalue weighted by atomic mass is 9.98. The summed E-state index contributed by atoms with van der Waals surface area (Å²) in [6.45, 7) is 0.704. The minimum atomic E-state index is -0.839. The van der Waals surface area contributed by atoms with Crippen molar-refractivity contribution < 1.29 is 14.7 Å². The number of anilines is 1. The molecule has 102 valence electrons. The zero-order chi connectivity index (χ0) is 13.8. The molecule has 0 spiro atoms. The molecule has 1 aromatic rings. The molecule has 1 fully saturated rings. The van der Waals surface area contributed by atoms with Gasteiger partial charge in [-0.2, -0.15) is 0 Å². The zero-order valence-corrected chi connectivity index (χ0v) is 10.6. The average molecular weight is 263 g/mol. The van der Waals surface area contributed by atoms with E-state index in [-0.39, 0.29) is 12.5 Å². The first-order valence-electron chi connectivity index (χ1n) is 6.33. The molecule has 19 heavy (non-hydrogen) atoms. The molecular formula is C13H17N3O3. The third-order valence-corrected chi connectivity index (χ3v) is 3.36. The molecule has 1 unspecified atom stereocenters. The molecule has 1 aliphatic rings. The van der Waals surface area contributed by atoms with Gasteiger partial charge in [-0.15, -0.1) is 0 Å². The van der Waals surface area contributed by atoms with Gasteiger partial charge in [0.2, 0.25) is 0 Å². The number of nitrogens with zero attached hydrogens (tertiary/aromatic N) is 2. The van der Waals surface area contributed by atoms with Crippen LogP contribution >= 0.6 is 0 Å². The second-order valence-electron chi connectivity index (χ2n) is 4.68. The van der Waals surface area contributed by atoms with Crippen LogP contribution in [0.25, 0.3) is 0 Å². The third-order valence-electron chi connectivity index (χ3n) is 3.36. The SMILES string of the molecule is NC(=O)c1cccnc1N1CCCCC1CC(=O)O. The quantitative estimate of drug-likeness (QED) is 0.845. The van der Waals surface area contributed by atoms with Crippen molar-refractivity contribution in [3.8, 4) is 0 Å². The lowest BCUT2D eigenvalue weighted by Crippen LogP contribution is -2.42. The molecule has 3 N–H and O–H groups in total. The van der Waals surface area contributed by atoms with E-state index in [1.54, 1.807) is 18.3 Å². The number of nitrogens with two attached hydrogens (primary N) is 1. The molecule has 1 atom stereocenters. The highest BCUT2D eigenvalue weighted by Gasteiger charge is 2.28. The number of rotatable bonds is 4. The fraction of sp³-hybridized carbons (Fsp3) is 0.462. The average Bonchev–Trinajstić information content (AvgIpc) is 2.38. The molecule has 0 aliphatic carbocycles. The number of hydrogen-bond donors (Lipinski definition) is 2. The van der Waals surface area contributed by atoms with Crippen molar-refractivity contribution in [2.75, 3.05) is 11.4 Å².